The second-order valence-corrected chi connectivity index (χ2v) is 8.02. The lowest BCUT2D eigenvalue weighted by Crippen LogP contribution is -2.36. The standard InChI is InChI=1S/C21H21N5O2S/c1-14-5-4-6-15(11-14)23-19(27)13-26-10-8-16-18(12-26)29-21(24-16)25-20(28)17-7-2-3-9-22-17/h2-7,9,11H,8,10,12-13H2,1H3,(H,23,27)(H,24,25,28). The third kappa shape index (κ3) is 4.85. The Morgan fingerprint density at radius 3 is 2.86 bits per heavy atom. The Morgan fingerprint density at radius 2 is 2.07 bits per heavy atom. The lowest BCUT2D eigenvalue weighted by Gasteiger charge is -2.25. The highest BCUT2D eigenvalue weighted by Crippen LogP contribution is 2.28. The Hall–Kier alpha value is -3.10. The first-order valence-corrected chi connectivity index (χ1v) is 10.2. The topological polar surface area (TPSA) is 87.2 Å². The monoisotopic (exact) mass is 407 g/mol. The number of carbonyl (C=O) groups is 2. The molecule has 0 aliphatic carbocycles. The van der Waals surface area contributed by atoms with Crippen LogP contribution in [-0.4, -0.2) is 39.8 Å². The van der Waals surface area contributed by atoms with E-state index in [-0.39, 0.29) is 11.8 Å². The van der Waals surface area contributed by atoms with Crippen LogP contribution < -0.4 is 10.6 Å². The lowest BCUT2D eigenvalue weighted by molar-refractivity contribution is -0.117. The molecule has 4 rings (SSSR count). The number of aromatic nitrogens is 2. The largest absolute Gasteiger partial charge is 0.325 e. The number of thiazole rings is 1. The number of anilines is 2. The molecule has 0 bridgehead atoms. The number of pyridine rings is 1. The Bertz CT molecular complexity index is 1030. The average molecular weight is 407 g/mol. The molecule has 0 spiro atoms. The Labute approximate surface area is 172 Å². The Morgan fingerprint density at radius 1 is 1.17 bits per heavy atom. The van der Waals surface area contributed by atoms with Crippen LogP contribution in [0.1, 0.15) is 26.6 Å². The number of carbonyl (C=O) groups excluding carboxylic acids is 2. The van der Waals surface area contributed by atoms with Crippen LogP contribution in [0.4, 0.5) is 10.8 Å². The fourth-order valence-electron chi connectivity index (χ4n) is 3.22. The number of hydrogen-bond acceptors (Lipinski definition) is 6. The molecule has 1 aliphatic heterocycles. The molecule has 2 N–H and O–H groups in total. The van der Waals surface area contributed by atoms with Gasteiger partial charge in [0, 0.05) is 36.3 Å². The van der Waals surface area contributed by atoms with Gasteiger partial charge in [0.25, 0.3) is 5.91 Å². The summed E-state index contributed by atoms with van der Waals surface area (Å²) in [6.07, 6.45) is 2.34. The van der Waals surface area contributed by atoms with Crippen molar-refractivity contribution in [2.75, 3.05) is 23.7 Å². The van der Waals surface area contributed by atoms with Crippen LogP contribution >= 0.6 is 11.3 Å². The highest BCUT2D eigenvalue weighted by atomic mass is 32.1. The summed E-state index contributed by atoms with van der Waals surface area (Å²) in [5.41, 5.74) is 3.26. The van der Waals surface area contributed by atoms with Gasteiger partial charge < -0.3 is 5.32 Å². The maximum atomic E-state index is 12.4. The molecule has 7 nitrogen and oxygen atoms in total. The number of amides is 2. The smallest absolute Gasteiger partial charge is 0.276 e. The van der Waals surface area contributed by atoms with Gasteiger partial charge in [0.05, 0.1) is 12.2 Å². The van der Waals surface area contributed by atoms with Crippen molar-refractivity contribution >= 4 is 34.0 Å². The third-order valence-electron chi connectivity index (χ3n) is 4.60. The Kier molecular flexibility index (Phi) is 5.64. The van der Waals surface area contributed by atoms with E-state index in [9.17, 15) is 9.59 Å². The van der Waals surface area contributed by atoms with E-state index in [1.807, 2.05) is 31.2 Å². The molecule has 29 heavy (non-hydrogen) atoms. The van der Waals surface area contributed by atoms with Gasteiger partial charge in [-0.2, -0.15) is 0 Å². The Balaban J connectivity index is 1.35. The maximum Gasteiger partial charge on any atom is 0.276 e. The van der Waals surface area contributed by atoms with E-state index in [0.717, 1.165) is 34.8 Å². The molecule has 148 valence electrons. The highest BCUT2D eigenvalue weighted by molar-refractivity contribution is 7.15. The molecule has 0 atom stereocenters. The van der Waals surface area contributed by atoms with Gasteiger partial charge in [0.2, 0.25) is 5.91 Å². The summed E-state index contributed by atoms with van der Waals surface area (Å²) in [6.45, 7) is 3.72. The van der Waals surface area contributed by atoms with E-state index in [1.165, 1.54) is 11.3 Å². The van der Waals surface area contributed by atoms with Crippen molar-refractivity contribution in [2.24, 2.45) is 0 Å². The van der Waals surface area contributed by atoms with Crippen molar-refractivity contribution in [1.29, 1.82) is 0 Å². The van der Waals surface area contributed by atoms with Gasteiger partial charge in [-0.3, -0.25) is 24.8 Å². The summed E-state index contributed by atoms with van der Waals surface area (Å²) in [4.78, 5) is 36.4. The molecule has 2 aromatic heterocycles. The molecule has 2 amide bonds. The molecule has 0 radical (unpaired) electrons. The summed E-state index contributed by atoms with van der Waals surface area (Å²) >= 11 is 1.45. The second-order valence-electron chi connectivity index (χ2n) is 6.94. The first-order chi connectivity index (χ1) is 14.1. The van der Waals surface area contributed by atoms with Crippen molar-refractivity contribution in [3.63, 3.8) is 0 Å². The van der Waals surface area contributed by atoms with Crippen LogP contribution in [-0.2, 0) is 17.8 Å². The molecule has 0 saturated heterocycles. The minimum atomic E-state index is -0.272. The summed E-state index contributed by atoms with van der Waals surface area (Å²) in [7, 11) is 0. The van der Waals surface area contributed by atoms with E-state index in [0.29, 0.717) is 23.9 Å². The fourth-order valence-corrected chi connectivity index (χ4v) is 4.27. The molecule has 0 saturated carbocycles. The molecule has 1 aliphatic rings. The van der Waals surface area contributed by atoms with Gasteiger partial charge in [0.1, 0.15) is 5.69 Å². The van der Waals surface area contributed by atoms with Crippen molar-refractivity contribution in [1.82, 2.24) is 14.9 Å². The number of fused-ring (bicyclic) bond motifs is 1. The number of nitrogens with zero attached hydrogens (tertiary/aromatic N) is 3. The quantitative estimate of drug-likeness (QED) is 0.679. The minimum absolute atomic E-state index is 0.0350. The summed E-state index contributed by atoms with van der Waals surface area (Å²) < 4.78 is 0. The van der Waals surface area contributed by atoms with Gasteiger partial charge >= 0.3 is 0 Å². The van der Waals surface area contributed by atoms with Crippen LogP contribution in [0.15, 0.2) is 48.7 Å². The van der Waals surface area contributed by atoms with Gasteiger partial charge in [-0.15, -0.1) is 11.3 Å². The molecule has 0 unspecified atom stereocenters. The number of aryl methyl sites for hydroxylation is 1. The fraction of sp³-hybridized carbons (Fsp3) is 0.238. The zero-order valence-electron chi connectivity index (χ0n) is 16.0. The number of hydrogen-bond donors (Lipinski definition) is 2. The van der Waals surface area contributed by atoms with Crippen LogP contribution in [0, 0.1) is 6.92 Å². The normalized spacial score (nSPS) is 13.6. The molecular formula is C21H21N5O2S. The molecule has 0 fully saturated rings. The van der Waals surface area contributed by atoms with Gasteiger partial charge in [0.15, 0.2) is 5.13 Å². The first kappa shape index (κ1) is 19.2. The SMILES string of the molecule is Cc1cccc(NC(=O)CN2CCc3nc(NC(=O)c4ccccn4)sc3C2)c1. The summed E-state index contributed by atoms with van der Waals surface area (Å²) in [5, 5.41) is 6.33. The van der Waals surface area contributed by atoms with Gasteiger partial charge in [-0.25, -0.2) is 4.98 Å². The molecule has 1 aromatic carbocycles. The van der Waals surface area contributed by atoms with Crippen molar-refractivity contribution < 1.29 is 9.59 Å². The number of benzene rings is 1. The minimum Gasteiger partial charge on any atom is -0.325 e. The van der Waals surface area contributed by atoms with Crippen LogP contribution in [0.2, 0.25) is 0 Å². The van der Waals surface area contributed by atoms with E-state index in [2.05, 4.69) is 25.5 Å². The van der Waals surface area contributed by atoms with Gasteiger partial charge in [-0.05, 0) is 36.8 Å². The predicted molar refractivity (Wildman–Crippen MR) is 113 cm³/mol. The van der Waals surface area contributed by atoms with Crippen LogP contribution in [0.25, 0.3) is 0 Å². The van der Waals surface area contributed by atoms with Crippen molar-refractivity contribution in [3.05, 3.63) is 70.5 Å². The number of nitrogens with one attached hydrogen (secondary N) is 2. The zero-order chi connectivity index (χ0) is 20.2. The van der Waals surface area contributed by atoms with E-state index in [4.69, 9.17) is 0 Å². The average Bonchev–Trinajstić information content (AvgIpc) is 3.10. The summed E-state index contributed by atoms with van der Waals surface area (Å²) in [5.74, 6) is -0.307. The van der Waals surface area contributed by atoms with Crippen LogP contribution in [0.5, 0.6) is 0 Å². The van der Waals surface area contributed by atoms with E-state index in [1.54, 1.807) is 24.4 Å². The predicted octanol–water partition coefficient (Wildman–Crippen LogP) is 3.10. The van der Waals surface area contributed by atoms with Crippen LogP contribution in [0.3, 0.4) is 0 Å². The molecule has 8 heteroatoms. The maximum absolute atomic E-state index is 12.4. The third-order valence-corrected chi connectivity index (χ3v) is 5.60. The highest BCUT2D eigenvalue weighted by Gasteiger charge is 2.23. The van der Waals surface area contributed by atoms with E-state index < -0.39 is 0 Å². The second kappa shape index (κ2) is 8.50. The van der Waals surface area contributed by atoms with E-state index >= 15 is 0 Å². The molecular weight excluding hydrogens is 386 g/mol. The number of rotatable bonds is 5. The van der Waals surface area contributed by atoms with Crippen molar-refractivity contribution in [3.8, 4) is 0 Å². The molecule has 3 heterocycles. The summed E-state index contributed by atoms with van der Waals surface area (Å²) in [6, 6.07) is 13.0. The lowest BCUT2D eigenvalue weighted by atomic mass is 10.2. The van der Waals surface area contributed by atoms with Crippen molar-refractivity contribution in [2.45, 2.75) is 19.9 Å². The molecule has 3 aromatic rings. The zero-order valence-corrected chi connectivity index (χ0v) is 16.8. The first-order valence-electron chi connectivity index (χ1n) is 9.36. The van der Waals surface area contributed by atoms with Gasteiger partial charge in [-0.1, -0.05) is 18.2 Å².